The van der Waals surface area contributed by atoms with Crippen molar-refractivity contribution >= 4 is 22.8 Å². The average Bonchev–Trinajstić information content (AvgIpc) is 2.93. The van der Waals surface area contributed by atoms with E-state index in [1.807, 2.05) is 0 Å². The van der Waals surface area contributed by atoms with Crippen LogP contribution in [0.2, 0.25) is 0 Å². The van der Waals surface area contributed by atoms with E-state index in [4.69, 9.17) is 0 Å². The minimum Gasteiger partial charge on any atom is -0.359 e. The number of rotatable bonds is 1. The van der Waals surface area contributed by atoms with Crippen molar-refractivity contribution in [2.75, 3.05) is 0 Å². The first-order valence-corrected chi connectivity index (χ1v) is 7.23. The van der Waals surface area contributed by atoms with Gasteiger partial charge in [-0.25, -0.2) is 0 Å². The van der Waals surface area contributed by atoms with Crippen molar-refractivity contribution in [3.63, 3.8) is 0 Å². The number of fused-ring (bicyclic) bond motifs is 2. The van der Waals surface area contributed by atoms with Crippen molar-refractivity contribution in [1.82, 2.24) is 5.32 Å². The monoisotopic (exact) mass is 292 g/mol. The van der Waals surface area contributed by atoms with Gasteiger partial charge in [0, 0.05) is 5.54 Å². The number of nitrogens with one attached hydrogen (secondary N) is 1. The maximum Gasteiger partial charge on any atom is 0.412 e. The second-order valence-electron chi connectivity index (χ2n) is 5.91. The van der Waals surface area contributed by atoms with E-state index in [1.54, 1.807) is 0 Å². The Morgan fingerprint density at radius 2 is 2.00 bits per heavy atom. The molecule has 1 aliphatic heterocycles. The van der Waals surface area contributed by atoms with Crippen LogP contribution < -0.4 is 5.32 Å². The summed E-state index contributed by atoms with van der Waals surface area (Å²) in [6, 6.07) is 0. The van der Waals surface area contributed by atoms with Crippen LogP contribution in [0.5, 0.6) is 0 Å². The highest BCUT2D eigenvalue weighted by Gasteiger charge is 2.61. The van der Waals surface area contributed by atoms with E-state index in [1.165, 1.54) is 0 Å². The number of carbonyl (C=O) groups excluding carboxylic acids is 1. The van der Waals surface area contributed by atoms with Crippen LogP contribution in [0.1, 0.15) is 39.0 Å². The quantitative estimate of drug-likeness (QED) is 0.808. The second-order valence-corrected chi connectivity index (χ2v) is 7.32. The molecule has 3 nitrogen and oxygen atoms in total. The predicted molar refractivity (Wildman–Crippen MR) is 66.9 cm³/mol. The highest BCUT2D eigenvalue weighted by atomic mass is 32.2. The maximum atomic E-state index is 12.9. The van der Waals surface area contributed by atoms with Gasteiger partial charge >= 0.3 is 6.18 Å². The Kier molecular flexibility index (Phi) is 2.72. The molecule has 3 rings (SSSR count). The molecular formula is C12H15F3N2OS. The van der Waals surface area contributed by atoms with Crippen LogP contribution in [0.4, 0.5) is 13.2 Å². The molecule has 2 aliphatic carbocycles. The van der Waals surface area contributed by atoms with Crippen molar-refractivity contribution in [3.05, 3.63) is 0 Å². The molecule has 0 saturated heterocycles. The van der Waals surface area contributed by atoms with Gasteiger partial charge in [0.05, 0.1) is 0 Å². The standard InChI is InChI=1S/C12H15F3N2OS/c1-10(12(13,14)15)8(18)16-9(19-10)17-11-4-2-7(6-11)3-5-11/h7H,2-6H2,1H3,(H,16,17,18). The molecule has 0 aromatic rings. The number of alkyl halides is 3. The Labute approximate surface area is 113 Å². The maximum absolute atomic E-state index is 12.9. The summed E-state index contributed by atoms with van der Waals surface area (Å²) in [6.45, 7) is 0.905. The van der Waals surface area contributed by atoms with Crippen molar-refractivity contribution in [2.24, 2.45) is 10.9 Å². The topological polar surface area (TPSA) is 41.5 Å². The molecule has 1 atom stereocenters. The highest BCUT2D eigenvalue weighted by molar-refractivity contribution is 8.16. The van der Waals surface area contributed by atoms with Gasteiger partial charge < -0.3 is 5.32 Å². The lowest BCUT2D eigenvalue weighted by atomic mass is 9.94. The van der Waals surface area contributed by atoms with Crippen molar-refractivity contribution in [1.29, 1.82) is 0 Å². The zero-order valence-corrected chi connectivity index (χ0v) is 11.3. The van der Waals surface area contributed by atoms with E-state index in [-0.39, 0.29) is 10.7 Å². The fourth-order valence-corrected chi connectivity index (χ4v) is 4.32. The molecule has 1 amide bonds. The first-order chi connectivity index (χ1) is 8.74. The number of nitrogens with zero attached hydrogens (tertiary/aromatic N) is 1. The molecule has 0 radical (unpaired) electrons. The highest BCUT2D eigenvalue weighted by Crippen LogP contribution is 2.50. The second kappa shape index (κ2) is 3.90. The summed E-state index contributed by atoms with van der Waals surface area (Å²) in [6.07, 6.45) is 0.587. The lowest BCUT2D eigenvalue weighted by Crippen LogP contribution is -2.46. The van der Waals surface area contributed by atoms with Crippen LogP contribution in [0, 0.1) is 5.92 Å². The number of amidine groups is 1. The van der Waals surface area contributed by atoms with Gasteiger partial charge in [-0.1, -0.05) is 11.8 Å². The van der Waals surface area contributed by atoms with Gasteiger partial charge in [0.25, 0.3) is 5.91 Å². The Morgan fingerprint density at radius 3 is 2.42 bits per heavy atom. The van der Waals surface area contributed by atoms with Crippen LogP contribution >= 0.6 is 11.8 Å². The van der Waals surface area contributed by atoms with Gasteiger partial charge in [0.1, 0.15) is 0 Å². The van der Waals surface area contributed by atoms with E-state index in [0.29, 0.717) is 17.7 Å². The molecule has 1 heterocycles. The number of hydrogen-bond acceptors (Lipinski definition) is 3. The van der Waals surface area contributed by atoms with Gasteiger partial charge in [-0.2, -0.15) is 18.2 Å². The minimum absolute atomic E-state index is 0.117. The zero-order chi connectivity index (χ0) is 13.9. The van der Waals surface area contributed by atoms with Crippen LogP contribution in [-0.4, -0.2) is 27.5 Å². The van der Waals surface area contributed by atoms with E-state index < -0.39 is 16.8 Å². The summed E-state index contributed by atoms with van der Waals surface area (Å²) in [7, 11) is 0. The van der Waals surface area contributed by atoms with Crippen molar-refractivity contribution in [3.8, 4) is 0 Å². The molecule has 1 unspecified atom stereocenters. The third-order valence-corrected chi connectivity index (χ3v) is 5.77. The molecule has 0 aromatic heterocycles. The molecule has 2 saturated carbocycles. The Balaban J connectivity index is 1.75. The summed E-state index contributed by atoms with van der Waals surface area (Å²) in [5.41, 5.74) is -0.117. The summed E-state index contributed by atoms with van der Waals surface area (Å²) in [4.78, 5) is 15.2. The van der Waals surface area contributed by atoms with E-state index in [2.05, 4.69) is 10.3 Å². The van der Waals surface area contributed by atoms with E-state index in [0.717, 1.165) is 39.0 Å². The molecule has 1 N–H and O–H groups in total. The number of carbonyl (C=O) groups is 1. The summed E-state index contributed by atoms with van der Waals surface area (Å²) < 4.78 is 36.3. The number of amides is 1. The molecule has 0 spiro atoms. The van der Waals surface area contributed by atoms with E-state index >= 15 is 0 Å². The molecular weight excluding hydrogens is 277 g/mol. The predicted octanol–water partition coefficient (Wildman–Crippen LogP) is 2.86. The molecule has 106 valence electrons. The molecule has 7 heteroatoms. The van der Waals surface area contributed by atoms with Crippen LogP contribution in [0.3, 0.4) is 0 Å². The van der Waals surface area contributed by atoms with E-state index in [9.17, 15) is 18.0 Å². The van der Waals surface area contributed by atoms with Gasteiger partial charge in [0.15, 0.2) is 9.91 Å². The Morgan fingerprint density at radius 1 is 1.37 bits per heavy atom. The summed E-state index contributed by atoms with van der Waals surface area (Å²) in [5.74, 6) is -0.416. The molecule has 19 heavy (non-hydrogen) atoms. The molecule has 0 aromatic carbocycles. The van der Waals surface area contributed by atoms with Crippen LogP contribution in [0.25, 0.3) is 0 Å². The average molecular weight is 292 g/mol. The first-order valence-electron chi connectivity index (χ1n) is 6.41. The van der Waals surface area contributed by atoms with Gasteiger partial charge in [0.2, 0.25) is 0 Å². The normalized spacial score (nSPS) is 41.8. The number of halogens is 3. The van der Waals surface area contributed by atoms with Crippen molar-refractivity contribution in [2.45, 2.75) is 55.5 Å². The molecule has 2 bridgehead atoms. The van der Waals surface area contributed by atoms with Crippen molar-refractivity contribution < 1.29 is 18.0 Å². The third-order valence-electron chi connectivity index (χ3n) is 4.57. The summed E-state index contributed by atoms with van der Waals surface area (Å²) in [5, 5.41) is 3.28. The first kappa shape index (κ1) is 13.3. The smallest absolute Gasteiger partial charge is 0.359 e. The van der Waals surface area contributed by atoms with Gasteiger partial charge in [-0.3, -0.25) is 4.79 Å². The largest absolute Gasteiger partial charge is 0.412 e. The lowest BCUT2D eigenvalue weighted by Gasteiger charge is -2.29. The SMILES string of the molecule is CC1(C(F)(F)F)SC(NC23CCC(CC2)C3)=NC1=O. The number of thioether (sulfide) groups is 1. The van der Waals surface area contributed by atoms with Gasteiger partial charge in [-0.15, -0.1) is 0 Å². The molecule has 2 fully saturated rings. The Hall–Kier alpha value is -0.720. The van der Waals surface area contributed by atoms with Crippen LogP contribution in [0.15, 0.2) is 4.99 Å². The van der Waals surface area contributed by atoms with Gasteiger partial charge in [-0.05, 0) is 44.9 Å². The fraction of sp³-hybridized carbons (Fsp3) is 0.833. The third kappa shape index (κ3) is 1.97. The zero-order valence-electron chi connectivity index (χ0n) is 10.5. The fourth-order valence-electron chi connectivity index (χ4n) is 3.29. The lowest BCUT2D eigenvalue weighted by molar-refractivity contribution is -0.165. The number of hydrogen-bond donors (Lipinski definition) is 1. The van der Waals surface area contributed by atoms with Crippen LogP contribution in [-0.2, 0) is 4.79 Å². The number of aliphatic imine (C=N–C) groups is 1. The molecule has 3 aliphatic rings. The Bertz CT molecular complexity index is 454. The minimum atomic E-state index is -4.58. The summed E-state index contributed by atoms with van der Waals surface area (Å²) >= 11 is 0.512.